The van der Waals surface area contributed by atoms with Crippen LogP contribution in [0, 0.1) is 0 Å². The van der Waals surface area contributed by atoms with Crippen molar-refractivity contribution in [3.63, 3.8) is 0 Å². The lowest BCUT2D eigenvalue weighted by molar-refractivity contribution is -0.0511. The Hall–Kier alpha value is -2.71. The van der Waals surface area contributed by atoms with Crippen LogP contribution in [0.2, 0.25) is 0 Å². The van der Waals surface area contributed by atoms with Crippen LogP contribution in [0.4, 0.5) is 17.5 Å². The van der Waals surface area contributed by atoms with Gasteiger partial charge in [0.2, 0.25) is 0 Å². The number of imidazole rings is 3. The summed E-state index contributed by atoms with van der Waals surface area (Å²) >= 11 is 0. The van der Waals surface area contributed by atoms with E-state index in [9.17, 15) is 20.4 Å². The summed E-state index contributed by atoms with van der Waals surface area (Å²) in [6, 6.07) is 0. The molecule has 3 saturated heterocycles. The largest absolute Gasteiger partial charge is 0.394 e. The van der Waals surface area contributed by atoms with E-state index in [-0.39, 0.29) is 60.5 Å². The number of nitrogens with zero attached hydrogens (tertiary/aromatic N) is 13. The van der Waals surface area contributed by atoms with Crippen LogP contribution in [-0.2, 0) is 23.5 Å². The predicted octanol–water partition coefficient (Wildman–Crippen LogP) is 1.64. The van der Waals surface area contributed by atoms with Crippen molar-refractivity contribution in [1.82, 2.24) is 58.6 Å². The van der Waals surface area contributed by atoms with Gasteiger partial charge in [0.1, 0.15) is 72.7 Å². The lowest BCUT2D eigenvalue weighted by Crippen LogP contribution is -2.34. The van der Waals surface area contributed by atoms with Crippen LogP contribution in [0.5, 0.6) is 0 Å². The van der Waals surface area contributed by atoms with E-state index in [0.717, 1.165) is 31.4 Å². The molecule has 3 fully saturated rings. The second-order valence-electron chi connectivity index (χ2n) is 14.7. The van der Waals surface area contributed by atoms with Gasteiger partial charge in [-0.1, -0.05) is 47.1 Å². The van der Waals surface area contributed by atoms with Crippen molar-refractivity contribution in [2.75, 3.05) is 36.9 Å². The zero-order chi connectivity index (χ0) is 46.7. The zero-order valence-corrected chi connectivity index (χ0v) is 42.4. The first-order chi connectivity index (χ1) is 31.3. The number of methoxy groups -OCH3 is 1. The van der Waals surface area contributed by atoms with E-state index in [1.165, 1.54) is 29.9 Å². The van der Waals surface area contributed by atoms with Gasteiger partial charge in [-0.15, -0.1) is 8.93 Å². The molecule has 0 spiro atoms. The van der Waals surface area contributed by atoms with Gasteiger partial charge in [-0.2, -0.15) is 0 Å². The van der Waals surface area contributed by atoms with Crippen LogP contribution in [0.1, 0.15) is 52.8 Å². The van der Waals surface area contributed by atoms with Crippen LogP contribution < -0.4 is 16.1 Å². The van der Waals surface area contributed by atoms with E-state index in [2.05, 4.69) is 83.2 Å². The maximum Gasteiger partial charge on any atom is 0.167 e. The highest BCUT2D eigenvalue weighted by molar-refractivity contribution is 8.61. The second-order valence-corrected chi connectivity index (χ2v) is 25.0. The maximum absolute atomic E-state index is 10.1. The van der Waals surface area contributed by atoms with Gasteiger partial charge < -0.3 is 65.1 Å². The second kappa shape index (κ2) is 24.4. The van der Waals surface area contributed by atoms with Crippen molar-refractivity contribution in [2.45, 2.75) is 108 Å². The molecule has 0 amide bonds. The molecule has 6 aromatic heterocycles. The predicted molar refractivity (Wildman–Crippen MR) is 267 cm³/mol. The number of rotatable bonds is 12. The van der Waals surface area contributed by atoms with Gasteiger partial charge in [0, 0.05) is 38.5 Å². The Morgan fingerprint density at radius 1 is 0.687 bits per heavy atom. The number of aromatic nitrogens is 12. The Bertz CT molecular complexity index is 2420. The SMILES string of the molecule is C.CC[C@H]1O[C@@H](n2cnc3c(N(C)P(P)PP)ncnc32)[C@H](OPP)[C@@H]1OC.CC[C@H]1O[C@@H](n2cnc3c(N)ncnc32)[C@H](O)[C@@H]1O.Nc1ncnc2c1ncn2[C@@H]1O[C@H](CO)[C@@H](O)[C@H]1O.[B]. The maximum atomic E-state index is 10.1. The highest BCUT2D eigenvalue weighted by Gasteiger charge is 2.47. The molecule has 18 atom stereocenters. The van der Waals surface area contributed by atoms with Crippen LogP contribution in [0.3, 0.4) is 0 Å². The van der Waals surface area contributed by atoms with Crippen LogP contribution >= 0.6 is 50.7 Å². The molecule has 32 heteroatoms. The Labute approximate surface area is 398 Å². The lowest BCUT2D eigenvalue weighted by Gasteiger charge is -2.24. The lowest BCUT2D eigenvalue weighted by atomic mass is 10.1. The van der Waals surface area contributed by atoms with Gasteiger partial charge in [-0.3, -0.25) is 13.7 Å². The summed E-state index contributed by atoms with van der Waals surface area (Å²) in [5, 5.41) is 48.7. The first kappa shape index (κ1) is 55.2. The van der Waals surface area contributed by atoms with E-state index in [1.807, 2.05) is 18.5 Å². The van der Waals surface area contributed by atoms with Gasteiger partial charge >= 0.3 is 0 Å². The molecular formula is C35H57BN15O10P6. The number of aliphatic hydroxyl groups excluding tert-OH is 5. The zero-order valence-electron chi connectivity index (χ0n) is 36.0. The number of nitrogens with two attached hydrogens (primary N) is 2. The first-order valence-electron chi connectivity index (χ1n) is 20.0. The standard InChI is InChI=1S/C13H25N5O3P6.C11H15N5O3.C10H13N5O4.CH4.B/c1-4-7-9(19-3)10(21-25-22)13(20-7)18-6-16-8-11(14-5-15-12(8)18)17(2)27(24)26-23;1-2-5-7(17)8(18)11(19-5)16-4-15-6-9(12)13-3-14-10(6)16;11-8-5-9(13-2-12-8)15(3-14-5)10-7(18)6(17)4(1-16)19-10;;/h5-7,9-10,13,25-26H,4,22-24H2,1-3H3;3-5,7-8,11,17-18H,2H2,1H3,(H2,12,13,14);2-4,6-7,10,16-18H,1H2,(H2,11,12,13);1H4;/t7-,9-,10-,13-,27?;5-,7-,8-,11-;4-,6-,7-,10-;;/m111../s1. The van der Waals surface area contributed by atoms with Gasteiger partial charge in [-0.25, -0.2) is 44.9 Å². The number of ether oxygens (including phenoxy) is 4. The summed E-state index contributed by atoms with van der Waals surface area (Å²) in [7, 11) is 12.6. The van der Waals surface area contributed by atoms with E-state index in [1.54, 1.807) is 24.3 Å². The number of hydrogen-bond acceptors (Lipinski definition) is 22. The molecule has 25 nitrogen and oxygen atoms in total. The van der Waals surface area contributed by atoms with Crippen LogP contribution in [0.15, 0.2) is 38.0 Å². The molecule has 6 unspecified atom stereocenters. The molecule has 0 saturated carbocycles. The quantitative estimate of drug-likeness (QED) is 0.0676. The minimum atomic E-state index is -1.19. The average Bonchev–Trinajstić information content (AvgIpc) is 4.19. The van der Waals surface area contributed by atoms with Gasteiger partial charge in [0.25, 0.3) is 0 Å². The molecule has 3 radical (unpaired) electrons. The summed E-state index contributed by atoms with van der Waals surface area (Å²) in [5.41, 5.74) is 14.6. The Morgan fingerprint density at radius 3 is 1.58 bits per heavy atom. The average molecular weight is 1040 g/mol. The number of hydrogen-bond donors (Lipinski definition) is 7. The molecule has 67 heavy (non-hydrogen) atoms. The summed E-state index contributed by atoms with van der Waals surface area (Å²) in [4.78, 5) is 37.5. The fraction of sp³-hybridized carbons (Fsp3) is 0.571. The number of anilines is 3. The fourth-order valence-electron chi connectivity index (χ4n) is 7.72. The van der Waals surface area contributed by atoms with Crippen molar-refractivity contribution >= 4 is 110 Å². The number of nitrogen functional groups attached to an aromatic ring is 2. The van der Waals surface area contributed by atoms with E-state index >= 15 is 0 Å². The summed E-state index contributed by atoms with van der Waals surface area (Å²) in [6.45, 7) is 3.58. The molecule has 0 aliphatic carbocycles. The monoisotopic (exact) mass is 1040 g/mol. The van der Waals surface area contributed by atoms with E-state index in [0.29, 0.717) is 28.7 Å². The summed E-state index contributed by atoms with van der Waals surface area (Å²) in [6.07, 6.45) is 2.37. The Morgan fingerprint density at radius 2 is 1.13 bits per heavy atom. The van der Waals surface area contributed by atoms with Crippen molar-refractivity contribution in [2.24, 2.45) is 0 Å². The molecule has 0 bridgehead atoms. The van der Waals surface area contributed by atoms with Crippen LogP contribution in [0.25, 0.3) is 33.5 Å². The number of fused-ring (bicyclic) bond motifs is 3. The third-order valence-electron chi connectivity index (χ3n) is 11.1. The molecule has 9 rings (SSSR count). The summed E-state index contributed by atoms with van der Waals surface area (Å²) < 4.78 is 36.2. The van der Waals surface area contributed by atoms with Crippen molar-refractivity contribution in [3.05, 3.63) is 38.0 Å². The molecule has 3 aliphatic heterocycles. The minimum Gasteiger partial charge on any atom is -0.394 e. The van der Waals surface area contributed by atoms with Crippen molar-refractivity contribution in [3.8, 4) is 0 Å². The van der Waals surface area contributed by atoms with Gasteiger partial charge in [-0.05, 0) is 12.8 Å². The normalized spacial score (nSPS) is 28.7. The molecular weight excluding hydrogens is 987 g/mol. The highest BCUT2D eigenvalue weighted by atomic mass is 32.6. The molecule has 9 heterocycles. The third-order valence-corrected chi connectivity index (χ3v) is 22.2. The third kappa shape index (κ3) is 11.0. The highest BCUT2D eigenvalue weighted by Crippen LogP contribution is 2.68. The van der Waals surface area contributed by atoms with Gasteiger partial charge in [0.15, 0.2) is 58.6 Å². The van der Waals surface area contributed by atoms with Crippen molar-refractivity contribution < 1.29 is 49.0 Å². The van der Waals surface area contributed by atoms with Crippen LogP contribution in [-0.4, -0.2) is 168 Å². The topological polar surface area (TPSA) is 333 Å². The van der Waals surface area contributed by atoms with Crippen molar-refractivity contribution in [1.29, 1.82) is 0 Å². The smallest absolute Gasteiger partial charge is 0.167 e. The van der Waals surface area contributed by atoms with Gasteiger partial charge in [0.05, 0.1) is 37.8 Å². The van der Waals surface area contributed by atoms with E-state index < -0.39 is 63.1 Å². The van der Waals surface area contributed by atoms with E-state index in [4.69, 9.17) is 40.0 Å². The molecule has 3 aliphatic rings. The minimum absolute atomic E-state index is 0. The summed E-state index contributed by atoms with van der Waals surface area (Å²) in [5.74, 6) is 1.31. The first-order valence-corrected chi connectivity index (χ1v) is 29.3. The Kier molecular flexibility index (Phi) is 20.1. The molecule has 365 valence electrons. The number of aliphatic hydroxyl groups is 5. The molecule has 0 aromatic carbocycles. The molecule has 6 aromatic rings. The fourth-order valence-corrected chi connectivity index (χ4v) is 11.8. The Balaban J connectivity index is 0.000000189. The molecule has 9 N–H and O–H groups in total.